The average molecular weight is 264 g/mol. The van der Waals surface area contributed by atoms with Gasteiger partial charge in [-0.1, -0.05) is 0 Å². The molecule has 1 saturated heterocycles. The first-order valence-corrected chi connectivity index (χ1v) is 5.95. The lowest BCUT2D eigenvalue weighted by Gasteiger charge is -2.21. The summed E-state index contributed by atoms with van der Waals surface area (Å²) in [4.78, 5) is 25.1. The second-order valence-corrected chi connectivity index (χ2v) is 5.11. The Balaban J connectivity index is 2.18. The zero-order valence-corrected chi connectivity index (χ0v) is 10.6. The molecule has 1 atom stereocenters. The molecule has 1 aromatic carbocycles. The van der Waals surface area contributed by atoms with Gasteiger partial charge in [0.2, 0.25) is 5.91 Å². The molecule has 1 aliphatic heterocycles. The number of primary amides is 1. The van der Waals surface area contributed by atoms with Gasteiger partial charge < -0.3 is 20.8 Å². The van der Waals surface area contributed by atoms with Gasteiger partial charge in [0, 0.05) is 18.7 Å². The van der Waals surface area contributed by atoms with Gasteiger partial charge in [-0.15, -0.1) is 0 Å². The van der Waals surface area contributed by atoms with E-state index in [9.17, 15) is 19.8 Å². The van der Waals surface area contributed by atoms with E-state index in [1.807, 2.05) is 0 Å². The number of aromatic hydroxyl groups is 2. The van der Waals surface area contributed by atoms with Crippen molar-refractivity contribution in [2.24, 2.45) is 11.1 Å². The lowest BCUT2D eigenvalue weighted by atomic mass is 9.89. The number of phenols is 2. The minimum Gasteiger partial charge on any atom is -0.504 e. The van der Waals surface area contributed by atoms with E-state index < -0.39 is 11.3 Å². The van der Waals surface area contributed by atoms with Gasteiger partial charge in [-0.25, -0.2) is 0 Å². The Morgan fingerprint density at radius 1 is 1.32 bits per heavy atom. The summed E-state index contributed by atoms with van der Waals surface area (Å²) in [6.45, 7) is 2.44. The summed E-state index contributed by atoms with van der Waals surface area (Å²) in [7, 11) is 0. The van der Waals surface area contributed by atoms with Crippen LogP contribution in [0.25, 0.3) is 0 Å². The molecule has 1 aromatic rings. The summed E-state index contributed by atoms with van der Waals surface area (Å²) in [5, 5.41) is 18.6. The number of hydrogen-bond acceptors (Lipinski definition) is 4. The first-order valence-electron chi connectivity index (χ1n) is 5.95. The van der Waals surface area contributed by atoms with Crippen LogP contribution in [0.2, 0.25) is 0 Å². The Morgan fingerprint density at radius 3 is 2.53 bits per heavy atom. The number of hydrogen-bond donors (Lipinski definition) is 3. The highest BCUT2D eigenvalue weighted by atomic mass is 16.3. The first-order chi connectivity index (χ1) is 8.83. The molecule has 1 fully saturated rings. The highest BCUT2D eigenvalue weighted by Crippen LogP contribution is 2.31. The van der Waals surface area contributed by atoms with Crippen molar-refractivity contribution in [3.63, 3.8) is 0 Å². The fourth-order valence-corrected chi connectivity index (χ4v) is 2.17. The molecule has 0 spiro atoms. The highest BCUT2D eigenvalue weighted by Gasteiger charge is 2.40. The molecule has 2 amide bonds. The van der Waals surface area contributed by atoms with Crippen LogP contribution in [0.1, 0.15) is 23.7 Å². The molecule has 1 aliphatic rings. The number of phenolic OH excluding ortho intramolecular Hbond substituents is 2. The molecule has 0 bridgehead atoms. The van der Waals surface area contributed by atoms with Gasteiger partial charge in [-0.05, 0) is 31.5 Å². The number of benzene rings is 1. The van der Waals surface area contributed by atoms with Gasteiger partial charge in [-0.3, -0.25) is 9.59 Å². The van der Waals surface area contributed by atoms with Crippen LogP contribution in [-0.2, 0) is 4.79 Å². The largest absolute Gasteiger partial charge is 0.504 e. The van der Waals surface area contributed by atoms with Gasteiger partial charge in [0.15, 0.2) is 11.5 Å². The third-order valence-electron chi connectivity index (χ3n) is 3.58. The van der Waals surface area contributed by atoms with Crippen molar-refractivity contribution in [1.29, 1.82) is 0 Å². The maximum Gasteiger partial charge on any atom is 0.254 e. The fraction of sp³-hybridized carbons (Fsp3) is 0.385. The molecule has 1 heterocycles. The van der Waals surface area contributed by atoms with Crippen LogP contribution < -0.4 is 5.73 Å². The van der Waals surface area contributed by atoms with Gasteiger partial charge in [0.25, 0.3) is 5.91 Å². The van der Waals surface area contributed by atoms with Crippen molar-refractivity contribution in [2.45, 2.75) is 13.3 Å². The molecule has 0 radical (unpaired) electrons. The number of amides is 2. The molecule has 19 heavy (non-hydrogen) atoms. The van der Waals surface area contributed by atoms with Crippen LogP contribution in [0.4, 0.5) is 0 Å². The summed E-state index contributed by atoms with van der Waals surface area (Å²) >= 11 is 0. The second-order valence-electron chi connectivity index (χ2n) is 5.11. The maximum absolute atomic E-state index is 12.2. The molecule has 0 aromatic heterocycles. The summed E-state index contributed by atoms with van der Waals surface area (Å²) in [6.07, 6.45) is 0.526. The van der Waals surface area contributed by atoms with Crippen molar-refractivity contribution in [2.75, 3.05) is 13.1 Å². The lowest BCUT2D eigenvalue weighted by Crippen LogP contribution is -2.38. The minimum absolute atomic E-state index is 0.267. The van der Waals surface area contributed by atoms with E-state index in [2.05, 4.69) is 0 Å². The summed E-state index contributed by atoms with van der Waals surface area (Å²) in [5.41, 5.74) is 4.89. The van der Waals surface area contributed by atoms with E-state index >= 15 is 0 Å². The van der Waals surface area contributed by atoms with Crippen molar-refractivity contribution in [1.82, 2.24) is 4.90 Å². The highest BCUT2D eigenvalue weighted by molar-refractivity contribution is 5.96. The van der Waals surface area contributed by atoms with Crippen LogP contribution in [0.5, 0.6) is 11.5 Å². The third-order valence-corrected chi connectivity index (χ3v) is 3.58. The summed E-state index contributed by atoms with van der Waals surface area (Å²) < 4.78 is 0. The van der Waals surface area contributed by atoms with Crippen LogP contribution in [0.15, 0.2) is 18.2 Å². The van der Waals surface area contributed by atoms with Crippen molar-refractivity contribution in [3.05, 3.63) is 23.8 Å². The van der Waals surface area contributed by atoms with Crippen molar-refractivity contribution >= 4 is 11.8 Å². The molecular weight excluding hydrogens is 248 g/mol. The predicted octanol–water partition coefficient (Wildman–Crippen LogP) is 0.435. The van der Waals surface area contributed by atoms with Crippen LogP contribution in [0, 0.1) is 5.41 Å². The smallest absolute Gasteiger partial charge is 0.254 e. The predicted molar refractivity (Wildman–Crippen MR) is 67.6 cm³/mol. The maximum atomic E-state index is 12.2. The number of rotatable bonds is 2. The fourth-order valence-electron chi connectivity index (χ4n) is 2.17. The lowest BCUT2D eigenvalue weighted by molar-refractivity contribution is -0.126. The minimum atomic E-state index is -0.700. The zero-order chi connectivity index (χ0) is 14.2. The normalized spacial score (nSPS) is 22.5. The van der Waals surface area contributed by atoms with Gasteiger partial charge in [0.05, 0.1) is 5.41 Å². The Labute approximate surface area is 110 Å². The quantitative estimate of drug-likeness (QED) is 0.674. The van der Waals surface area contributed by atoms with E-state index in [0.29, 0.717) is 13.0 Å². The van der Waals surface area contributed by atoms with E-state index in [0.717, 1.165) is 0 Å². The van der Waals surface area contributed by atoms with Crippen molar-refractivity contribution < 1.29 is 19.8 Å². The van der Waals surface area contributed by atoms with Crippen LogP contribution >= 0.6 is 0 Å². The average Bonchev–Trinajstić information content (AvgIpc) is 2.76. The summed E-state index contributed by atoms with van der Waals surface area (Å²) in [6, 6.07) is 3.89. The topological polar surface area (TPSA) is 104 Å². The van der Waals surface area contributed by atoms with E-state index in [4.69, 9.17) is 5.73 Å². The van der Waals surface area contributed by atoms with Crippen LogP contribution in [-0.4, -0.2) is 40.0 Å². The van der Waals surface area contributed by atoms with Crippen molar-refractivity contribution in [3.8, 4) is 11.5 Å². The van der Waals surface area contributed by atoms with E-state index in [1.165, 1.54) is 23.1 Å². The van der Waals surface area contributed by atoms with E-state index in [1.54, 1.807) is 6.92 Å². The SMILES string of the molecule is CC1(C(N)=O)CCN(C(=O)c2ccc(O)c(O)c2)C1. The number of carbonyl (C=O) groups is 2. The number of nitrogens with two attached hydrogens (primary N) is 1. The van der Waals surface area contributed by atoms with Gasteiger partial charge in [-0.2, -0.15) is 0 Å². The zero-order valence-electron chi connectivity index (χ0n) is 10.6. The molecule has 6 heteroatoms. The van der Waals surface area contributed by atoms with Gasteiger partial charge in [0.1, 0.15) is 0 Å². The number of likely N-dealkylation sites (tertiary alicyclic amines) is 1. The first kappa shape index (κ1) is 13.2. The Bertz CT molecular complexity index is 543. The Morgan fingerprint density at radius 2 is 2.00 bits per heavy atom. The monoisotopic (exact) mass is 264 g/mol. The molecule has 0 saturated carbocycles. The number of nitrogens with zero attached hydrogens (tertiary/aromatic N) is 1. The Kier molecular flexibility index (Phi) is 3.09. The Hall–Kier alpha value is -2.24. The molecule has 4 N–H and O–H groups in total. The molecule has 0 aliphatic carbocycles. The van der Waals surface area contributed by atoms with E-state index in [-0.39, 0.29) is 29.5 Å². The second kappa shape index (κ2) is 4.46. The standard InChI is InChI=1S/C13H16N2O4/c1-13(12(14)19)4-5-15(7-13)11(18)8-2-3-9(16)10(17)6-8/h2-3,6,16-17H,4-5,7H2,1H3,(H2,14,19). The molecule has 102 valence electrons. The summed E-state index contributed by atoms with van der Waals surface area (Å²) in [5.74, 6) is -1.33. The molecular formula is C13H16N2O4. The molecule has 1 unspecified atom stereocenters. The third kappa shape index (κ3) is 2.33. The van der Waals surface area contributed by atoms with Gasteiger partial charge >= 0.3 is 0 Å². The molecule has 6 nitrogen and oxygen atoms in total. The van der Waals surface area contributed by atoms with Crippen LogP contribution in [0.3, 0.4) is 0 Å². The molecule has 2 rings (SSSR count). The number of carbonyl (C=O) groups excluding carboxylic acids is 2.